The van der Waals surface area contributed by atoms with Gasteiger partial charge in [0.15, 0.2) is 0 Å². The van der Waals surface area contributed by atoms with E-state index >= 15 is 0 Å². The summed E-state index contributed by atoms with van der Waals surface area (Å²) in [6.07, 6.45) is 5.27. The van der Waals surface area contributed by atoms with E-state index in [9.17, 15) is 0 Å². The smallest absolute Gasteiger partial charge is 0.0427 e. The molecule has 2 N–H and O–H groups in total. The Balaban J connectivity index is 2.15. The molecule has 2 rings (SSSR count). The molecule has 0 spiro atoms. The molecule has 0 aliphatic carbocycles. The number of nitrogens with zero attached hydrogens (tertiary/aromatic N) is 1. The monoisotopic (exact) mass is 284 g/mol. The Hall–Kier alpha value is 0.270. The van der Waals surface area contributed by atoms with Gasteiger partial charge in [0.1, 0.15) is 0 Å². The number of nitrogens with two attached hydrogens (primary N) is 1. The van der Waals surface area contributed by atoms with E-state index in [2.05, 4.69) is 44.4 Å². The number of rotatable bonds is 4. The van der Waals surface area contributed by atoms with Crippen LogP contribution in [0.25, 0.3) is 0 Å². The van der Waals surface area contributed by atoms with Gasteiger partial charge >= 0.3 is 0 Å². The van der Waals surface area contributed by atoms with Gasteiger partial charge in [0.2, 0.25) is 0 Å². The van der Waals surface area contributed by atoms with Crippen molar-refractivity contribution in [3.63, 3.8) is 0 Å². The molecule has 0 bridgehead atoms. The lowest BCUT2D eigenvalue weighted by Gasteiger charge is -2.50. The van der Waals surface area contributed by atoms with Crippen LogP contribution in [0, 0.1) is 10.8 Å². The van der Waals surface area contributed by atoms with E-state index < -0.39 is 0 Å². The molecule has 1 atom stereocenters. The predicted molar refractivity (Wildman–Crippen MR) is 86.7 cm³/mol. The van der Waals surface area contributed by atoms with E-state index in [1.54, 1.807) is 0 Å². The zero-order chi connectivity index (χ0) is 14.1. The van der Waals surface area contributed by atoms with Crippen LogP contribution in [-0.2, 0) is 0 Å². The lowest BCUT2D eigenvalue weighted by molar-refractivity contribution is 0.0770. The van der Waals surface area contributed by atoms with Crippen molar-refractivity contribution < 1.29 is 0 Å². The summed E-state index contributed by atoms with van der Waals surface area (Å²) in [5, 5.41) is 0. The maximum atomic E-state index is 6.26. The minimum Gasteiger partial charge on any atom is -0.329 e. The van der Waals surface area contributed by atoms with Gasteiger partial charge in [0, 0.05) is 24.4 Å². The molecule has 2 heterocycles. The standard InChI is InChI=1S/C16H32N2S/c1-5-15(6-2)7-8-18(11-15)16(10-17)9-14(3,4)12-19-13-16/h5-13,17H2,1-4H3. The van der Waals surface area contributed by atoms with Gasteiger partial charge in [-0.25, -0.2) is 0 Å². The zero-order valence-electron chi connectivity index (χ0n) is 13.3. The summed E-state index contributed by atoms with van der Waals surface area (Å²) in [5.41, 5.74) is 7.52. The number of likely N-dealkylation sites (tertiary alicyclic amines) is 1. The summed E-state index contributed by atoms with van der Waals surface area (Å²) in [6, 6.07) is 0. The van der Waals surface area contributed by atoms with Crippen LogP contribution in [0.3, 0.4) is 0 Å². The van der Waals surface area contributed by atoms with Gasteiger partial charge in [-0.15, -0.1) is 0 Å². The maximum Gasteiger partial charge on any atom is 0.0427 e. The molecule has 2 nitrogen and oxygen atoms in total. The van der Waals surface area contributed by atoms with Crippen LogP contribution in [0.5, 0.6) is 0 Å². The number of hydrogen-bond donors (Lipinski definition) is 1. The molecule has 2 aliphatic rings. The molecule has 0 aromatic rings. The Morgan fingerprint density at radius 3 is 2.32 bits per heavy atom. The highest BCUT2D eigenvalue weighted by atomic mass is 32.2. The highest BCUT2D eigenvalue weighted by Crippen LogP contribution is 2.46. The molecule has 0 amide bonds. The van der Waals surface area contributed by atoms with Gasteiger partial charge in [-0.3, -0.25) is 4.90 Å². The molecule has 2 saturated heterocycles. The maximum absolute atomic E-state index is 6.26. The minimum absolute atomic E-state index is 0.262. The summed E-state index contributed by atoms with van der Waals surface area (Å²) in [6.45, 7) is 12.9. The summed E-state index contributed by atoms with van der Waals surface area (Å²) in [7, 11) is 0. The average molecular weight is 285 g/mol. The first-order chi connectivity index (χ1) is 8.91. The molecule has 2 aliphatic heterocycles. The van der Waals surface area contributed by atoms with Crippen LogP contribution in [0.15, 0.2) is 0 Å². The zero-order valence-corrected chi connectivity index (χ0v) is 14.1. The van der Waals surface area contributed by atoms with Gasteiger partial charge in [0.25, 0.3) is 0 Å². The fraction of sp³-hybridized carbons (Fsp3) is 1.00. The lowest BCUT2D eigenvalue weighted by Crippen LogP contribution is -2.59. The van der Waals surface area contributed by atoms with Crippen molar-refractivity contribution in [3.05, 3.63) is 0 Å². The Morgan fingerprint density at radius 1 is 1.16 bits per heavy atom. The van der Waals surface area contributed by atoms with Gasteiger partial charge in [-0.2, -0.15) is 11.8 Å². The molecular formula is C16H32N2S. The third-order valence-corrected chi connectivity index (χ3v) is 7.39. The first kappa shape index (κ1) is 15.7. The van der Waals surface area contributed by atoms with Crippen LogP contribution in [0.1, 0.15) is 53.4 Å². The fourth-order valence-corrected chi connectivity index (χ4v) is 5.68. The van der Waals surface area contributed by atoms with E-state index in [1.807, 2.05) is 0 Å². The van der Waals surface area contributed by atoms with Crippen molar-refractivity contribution in [2.75, 3.05) is 31.1 Å². The largest absolute Gasteiger partial charge is 0.329 e. The van der Waals surface area contributed by atoms with Crippen LogP contribution < -0.4 is 5.73 Å². The van der Waals surface area contributed by atoms with Gasteiger partial charge in [0.05, 0.1) is 0 Å². The quantitative estimate of drug-likeness (QED) is 0.858. The highest BCUT2D eigenvalue weighted by molar-refractivity contribution is 7.99. The summed E-state index contributed by atoms with van der Waals surface area (Å²) < 4.78 is 0. The molecule has 0 aromatic heterocycles. The fourth-order valence-electron chi connectivity index (χ4n) is 4.14. The Labute approximate surface area is 123 Å². The van der Waals surface area contributed by atoms with Crippen LogP contribution >= 0.6 is 11.8 Å². The second kappa shape index (κ2) is 5.57. The van der Waals surface area contributed by atoms with Gasteiger partial charge in [-0.05, 0) is 48.8 Å². The van der Waals surface area contributed by atoms with Crippen LogP contribution in [0.4, 0.5) is 0 Å². The third-order valence-electron chi connectivity index (χ3n) is 5.66. The topological polar surface area (TPSA) is 29.3 Å². The average Bonchev–Trinajstić information content (AvgIpc) is 2.83. The molecule has 2 fully saturated rings. The van der Waals surface area contributed by atoms with Crippen molar-refractivity contribution in [2.45, 2.75) is 58.9 Å². The normalized spacial score (nSPS) is 34.6. The molecule has 3 heteroatoms. The van der Waals surface area contributed by atoms with Crippen molar-refractivity contribution in [3.8, 4) is 0 Å². The third kappa shape index (κ3) is 2.98. The second-order valence-corrected chi connectivity index (χ2v) is 8.63. The first-order valence-corrected chi connectivity index (χ1v) is 9.09. The number of hydrogen-bond acceptors (Lipinski definition) is 3. The van der Waals surface area contributed by atoms with Gasteiger partial charge in [-0.1, -0.05) is 27.7 Å². The molecule has 0 radical (unpaired) electrons. The van der Waals surface area contributed by atoms with Crippen molar-refractivity contribution in [1.29, 1.82) is 0 Å². The SMILES string of the molecule is CCC1(CC)CCN(C2(CN)CSCC(C)(C)C2)C1. The second-order valence-electron chi connectivity index (χ2n) is 7.64. The highest BCUT2D eigenvalue weighted by Gasteiger charge is 2.48. The first-order valence-electron chi connectivity index (χ1n) is 7.94. The van der Waals surface area contributed by atoms with E-state index in [-0.39, 0.29) is 5.54 Å². The molecule has 0 aromatic carbocycles. The van der Waals surface area contributed by atoms with Crippen molar-refractivity contribution in [1.82, 2.24) is 4.90 Å². The minimum atomic E-state index is 0.262. The Morgan fingerprint density at radius 2 is 1.84 bits per heavy atom. The molecule has 19 heavy (non-hydrogen) atoms. The molecule has 0 saturated carbocycles. The summed E-state index contributed by atoms with van der Waals surface area (Å²) in [5.74, 6) is 2.52. The van der Waals surface area contributed by atoms with E-state index in [0.717, 1.165) is 6.54 Å². The Bertz CT molecular complexity index is 312. The van der Waals surface area contributed by atoms with Crippen LogP contribution in [-0.4, -0.2) is 41.6 Å². The van der Waals surface area contributed by atoms with E-state index in [1.165, 1.54) is 50.3 Å². The van der Waals surface area contributed by atoms with Crippen molar-refractivity contribution in [2.24, 2.45) is 16.6 Å². The number of thioether (sulfide) groups is 1. The van der Waals surface area contributed by atoms with Crippen LogP contribution in [0.2, 0.25) is 0 Å². The lowest BCUT2D eigenvalue weighted by atomic mass is 9.78. The predicted octanol–water partition coefficient (Wildman–Crippen LogP) is 3.36. The van der Waals surface area contributed by atoms with Gasteiger partial charge < -0.3 is 5.73 Å². The van der Waals surface area contributed by atoms with E-state index in [0.29, 0.717) is 10.8 Å². The van der Waals surface area contributed by atoms with E-state index in [4.69, 9.17) is 5.73 Å². The summed E-state index contributed by atoms with van der Waals surface area (Å²) in [4.78, 5) is 2.76. The molecule has 1 unspecified atom stereocenters. The summed E-state index contributed by atoms with van der Waals surface area (Å²) >= 11 is 2.11. The van der Waals surface area contributed by atoms with Crippen molar-refractivity contribution >= 4 is 11.8 Å². The molecular weight excluding hydrogens is 252 g/mol. The Kier molecular flexibility index (Phi) is 4.59. The molecule has 112 valence electrons.